The van der Waals surface area contributed by atoms with Crippen molar-refractivity contribution in [2.45, 2.75) is 13.5 Å². The molecule has 0 radical (unpaired) electrons. The fourth-order valence-corrected chi connectivity index (χ4v) is 4.61. The minimum absolute atomic E-state index is 0.135. The Kier molecular flexibility index (Phi) is 7.32. The summed E-state index contributed by atoms with van der Waals surface area (Å²) in [6.45, 7) is 2.11. The van der Waals surface area contributed by atoms with E-state index in [9.17, 15) is 9.59 Å². The average molecular weight is 543 g/mol. The molecule has 2 amide bonds. The highest BCUT2D eigenvalue weighted by Gasteiger charge is 2.32. The van der Waals surface area contributed by atoms with Crippen molar-refractivity contribution >= 4 is 67.8 Å². The number of thiocarbonyl (C=S) groups is 1. The van der Waals surface area contributed by atoms with E-state index in [1.54, 1.807) is 42.7 Å². The molecule has 1 saturated heterocycles. The summed E-state index contributed by atoms with van der Waals surface area (Å²) < 4.78 is 12.4. The van der Waals surface area contributed by atoms with Crippen LogP contribution in [0.15, 0.2) is 74.7 Å². The van der Waals surface area contributed by atoms with Crippen LogP contribution in [0.5, 0.6) is 5.75 Å². The highest BCUT2D eigenvalue weighted by Crippen LogP contribution is 2.34. The van der Waals surface area contributed by atoms with Crippen LogP contribution in [0.2, 0.25) is 0 Å². The molecule has 0 atom stereocenters. The predicted molar refractivity (Wildman–Crippen MR) is 137 cm³/mol. The Labute approximate surface area is 209 Å². The summed E-state index contributed by atoms with van der Waals surface area (Å²) in [5.74, 6) is 0.759. The van der Waals surface area contributed by atoms with Gasteiger partial charge in [-0.05, 0) is 66.6 Å². The Morgan fingerprint density at radius 3 is 2.85 bits per heavy atom. The van der Waals surface area contributed by atoms with E-state index in [1.165, 1.54) is 16.7 Å². The van der Waals surface area contributed by atoms with Gasteiger partial charge in [-0.3, -0.25) is 14.5 Å². The van der Waals surface area contributed by atoms with Gasteiger partial charge in [0.15, 0.2) is 6.61 Å². The molecule has 3 aromatic rings. The summed E-state index contributed by atoms with van der Waals surface area (Å²) in [7, 11) is 0. The summed E-state index contributed by atoms with van der Waals surface area (Å²) >= 11 is 10.0. The standard InChI is InChI=1S/C24H19BrN2O4S2/c1-15-10-17(7-8-20(15)25)26-22(28)14-31-18-5-2-4-16(11-18)12-21-23(29)27(24(32)33-21)13-19-6-3-9-30-19/h2-12H,13-14H2,1H3,(H,26,28)/b21-12-. The number of benzene rings is 2. The molecule has 168 valence electrons. The van der Waals surface area contributed by atoms with Crippen LogP contribution in [0.25, 0.3) is 6.08 Å². The number of thioether (sulfide) groups is 1. The first kappa shape index (κ1) is 23.3. The van der Waals surface area contributed by atoms with Gasteiger partial charge >= 0.3 is 0 Å². The van der Waals surface area contributed by atoms with Crippen LogP contribution in [0, 0.1) is 6.92 Å². The first-order chi connectivity index (χ1) is 15.9. The van der Waals surface area contributed by atoms with E-state index in [-0.39, 0.29) is 18.4 Å². The average Bonchev–Trinajstić information content (AvgIpc) is 3.39. The van der Waals surface area contributed by atoms with Crippen LogP contribution in [-0.2, 0) is 16.1 Å². The maximum Gasteiger partial charge on any atom is 0.266 e. The summed E-state index contributed by atoms with van der Waals surface area (Å²) in [6.07, 6.45) is 3.33. The van der Waals surface area contributed by atoms with Gasteiger partial charge in [0.25, 0.3) is 11.8 Å². The summed E-state index contributed by atoms with van der Waals surface area (Å²) in [6, 6.07) is 16.4. The summed E-state index contributed by atoms with van der Waals surface area (Å²) in [5.41, 5.74) is 2.50. The van der Waals surface area contributed by atoms with E-state index < -0.39 is 0 Å². The number of hydrogen-bond acceptors (Lipinski definition) is 6. The molecule has 9 heteroatoms. The lowest BCUT2D eigenvalue weighted by atomic mass is 10.2. The molecule has 1 aliphatic rings. The molecular weight excluding hydrogens is 524 g/mol. The van der Waals surface area contributed by atoms with Gasteiger partial charge in [0.2, 0.25) is 0 Å². The number of carbonyl (C=O) groups excluding carboxylic acids is 2. The fourth-order valence-electron chi connectivity index (χ4n) is 3.11. The zero-order valence-corrected chi connectivity index (χ0v) is 20.8. The number of furan rings is 1. The molecule has 4 rings (SSSR count). The van der Waals surface area contributed by atoms with Crippen molar-refractivity contribution in [2.24, 2.45) is 0 Å². The highest BCUT2D eigenvalue weighted by molar-refractivity contribution is 9.10. The topological polar surface area (TPSA) is 71.8 Å². The van der Waals surface area contributed by atoms with Crippen LogP contribution in [0.1, 0.15) is 16.9 Å². The van der Waals surface area contributed by atoms with Crippen LogP contribution in [0.4, 0.5) is 5.69 Å². The molecule has 1 aliphatic heterocycles. The fraction of sp³-hybridized carbons (Fsp3) is 0.125. The van der Waals surface area contributed by atoms with E-state index in [1.807, 2.05) is 31.2 Å². The van der Waals surface area contributed by atoms with Crippen molar-refractivity contribution in [3.63, 3.8) is 0 Å². The van der Waals surface area contributed by atoms with Gasteiger partial charge in [-0.25, -0.2) is 0 Å². The molecule has 0 bridgehead atoms. The molecule has 0 unspecified atom stereocenters. The van der Waals surface area contributed by atoms with Gasteiger partial charge in [0.05, 0.1) is 17.7 Å². The maximum absolute atomic E-state index is 12.8. The molecule has 0 saturated carbocycles. The Morgan fingerprint density at radius 1 is 1.24 bits per heavy atom. The molecule has 2 heterocycles. The van der Waals surface area contributed by atoms with Gasteiger partial charge in [0, 0.05) is 10.2 Å². The van der Waals surface area contributed by atoms with E-state index in [4.69, 9.17) is 21.4 Å². The molecular formula is C24H19BrN2O4S2. The second kappa shape index (κ2) is 10.4. The van der Waals surface area contributed by atoms with E-state index in [2.05, 4.69) is 21.2 Å². The molecule has 1 aromatic heterocycles. The largest absolute Gasteiger partial charge is 0.484 e. The molecule has 1 fully saturated rings. The van der Waals surface area contributed by atoms with Crippen LogP contribution >= 0.6 is 39.9 Å². The SMILES string of the molecule is Cc1cc(NC(=O)COc2cccc(/C=C3\SC(=S)N(Cc4ccco4)C3=O)c2)ccc1Br. The number of anilines is 1. The number of nitrogens with zero attached hydrogens (tertiary/aromatic N) is 1. The maximum atomic E-state index is 12.8. The zero-order chi connectivity index (χ0) is 23.4. The van der Waals surface area contributed by atoms with E-state index in [0.29, 0.717) is 33.0 Å². The van der Waals surface area contributed by atoms with Gasteiger partial charge in [-0.15, -0.1) is 0 Å². The van der Waals surface area contributed by atoms with Crippen molar-refractivity contribution in [1.29, 1.82) is 0 Å². The number of ether oxygens (including phenoxy) is 1. The number of rotatable bonds is 7. The molecule has 2 aromatic carbocycles. The minimum Gasteiger partial charge on any atom is -0.484 e. The number of nitrogens with one attached hydrogen (secondary N) is 1. The third kappa shape index (κ3) is 5.93. The van der Waals surface area contributed by atoms with E-state index >= 15 is 0 Å². The van der Waals surface area contributed by atoms with Crippen LogP contribution in [0.3, 0.4) is 0 Å². The van der Waals surface area contributed by atoms with Crippen molar-refractivity contribution in [3.8, 4) is 5.75 Å². The Hall–Kier alpha value is -2.88. The summed E-state index contributed by atoms with van der Waals surface area (Å²) in [4.78, 5) is 27.1. The van der Waals surface area contributed by atoms with Gasteiger partial charge in [-0.2, -0.15) is 0 Å². The normalized spacial score (nSPS) is 14.7. The minimum atomic E-state index is -0.263. The highest BCUT2D eigenvalue weighted by atomic mass is 79.9. The lowest BCUT2D eigenvalue weighted by Gasteiger charge is -2.12. The Morgan fingerprint density at radius 2 is 2.09 bits per heavy atom. The smallest absolute Gasteiger partial charge is 0.266 e. The second-order valence-corrected chi connectivity index (χ2v) is 9.75. The number of hydrogen-bond donors (Lipinski definition) is 1. The molecule has 6 nitrogen and oxygen atoms in total. The quantitative estimate of drug-likeness (QED) is 0.302. The Bertz CT molecular complexity index is 1240. The van der Waals surface area contributed by atoms with Gasteiger partial charge in [0.1, 0.15) is 15.8 Å². The molecule has 1 N–H and O–H groups in total. The first-order valence-electron chi connectivity index (χ1n) is 9.95. The van der Waals surface area contributed by atoms with Crippen LogP contribution in [-0.4, -0.2) is 27.6 Å². The number of halogens is 1. The van der Waals surface area contributed by atoms with Crippen molar-refractivity contribution in [3.05, 3.63) is 87.1 Å². The molecule has 0 aliphatic carbocycles. The summed E-state index contributed by atoms with van der Waals surface area (Å²) in [5, 5.41) is 2.81. The third-order valence-corrected chi connectivity index (χ3v) is 7.00. The van der Waals surface area contributed by atoms with Gasteiger partial charge < -0.3 is 14.5 Å². The van der Waals surface area contributed by atoms with Crippen molar-refractivity contribution in [1.82, 2.24) is 4.90 Å². The monoisotopic (exact) mass is 542 g/mol. The molecule has 0 spiro atoms. The second-order valence-electron chi connectivity index (χ2n) is 7.22. The molecule has 33 heavy (non-hydrogen) atoms. The third-order valence-electron chi connectivity index (χ3n) is 4.74. The van der Waals surface area contributed by atoms with Crippen molar-refractivity contribution in [2.75, 3.05) is 11.9 Å². The van der Waals surface area contributed by atoms with Crippen LogP contribution < -0.4 is 10.1 Å². The first-order valence-corrected chi connectivity index (χ1v) is 12.0. The van der Waals surface area contributed by atoms with Crippen molar-refractivity contribution < 1.29 is 18.7 Å². The Balaban J connectivity index is 1.38. The van der Waals surface area contributed by atoms with Gasteiger partial charge in [-0.1, -0.05) is 52.0 Å². The lowest BCUT2D eigenvalue weighted by molar-refractivity contribution is -0.122. The number of carbonyl (C=O) groups is 2. The predicted octanol–water partition coefficient (Wildman–Crippen LogP) is 5.77. The zero-order valence-electron chi connectivity index (χ0n) is 17.5. The van der Waals surface area contributed by atoms with E-state index in [0.717, 1.165) is 15.6 Å². The number of amides is 2. The number of aryl methyl sites for hydroxylation is 1. The lowest BCUT2D eigenvalue weighted by Crippen LogP contribution is -2.27.